The molecule has 116 valence electrons. The molecule has 1 aromatic rings. The fourth-order valence-corrected chi connectivity index (χ4v) is 2.58. The lowest BCUT2D eigenvalue weighted by atomic mass is 9.87. The first kappa shape index (κ1) is 15.5. The van der Waals surface area contributed by atoms with Crippen LogP contribution in [0, 0.1) is 5.92 Å². The van der Waals surface area contributed by atoms with Gasteiger partial charge in [-0.1, -0.05) is 26.0 Å². The molecular formula is C14H23N5O2. The molecule has 1 fully saturated rings. The summed E-state index contributed by atoms with van der Waals surface area (Å²) in [6, 6.07) is -0.478. The van der Waals surface area contributed by atoms with Crippen LogP contribution in [0.4, 0.5) is 0 Å². The highest BCUT2D eigenvalue weighted by Crippen LogP contribution is 2.28. The van der Waals surface area contributed by atoms with E-state index in [9.17, 15) is 9.59 Å². The van der Waals surface area contributed by atoms with Crippen LogP contribution in [0.1, 0.15) is 39.8 Å². The predicted molar refractivity (Wildman–Crippen MR) is 77.0 cm³/mol. The van der Waals surface area contributed by atoms with Crippen molar-refractivity contribution >= 4 is 11.8 Å². The second-order valence-electron chi connectivity index (χ2n) is 6.13. The van der Waals surface area contributed by atoms with Crippen LogP contribution in [-0.2, 0) is 23.2 Å². The van der Waals surface area contributed by atoms with Crippen LogP contribution in [0.2, 0.25) is 0 Å². The van der Waals surface area contributed by atoms with Crippen LogP contribution in [-0.4, -0.2) is 43.3 Å². The quantitative estimate of drug-likeness (QED) is 0.875. The van der Waals surface area contributed by atoms with Gasteiger partial charge in [0.15, 0.2) is 0 Å². The van der Waals surface area contributed by atoms with Gasteiger partial charge in [-0.15, -0.1) is 5.10 Å². The molecule has 0 aliphatic carbocycles. The number of hydrogen-bond acceptors (Lipinski definition) is 4. The summed E-state index contributed by atoms with van der Waals surface area (Å²) in [5.41, 5.74) is -0.164. The van der Waals surface area contributed by atoms with Gasteiger partial charge in [-0.25, -0.2) is 0 Å². The molecule has 1 aliphatic rings. The Morgan fingerprint density at radius 2 is 2.10 bits per heavy atom. The normalized spacial score (nSPS) is 26.4. The maximum atomic E-state index is 12.8. The first-order chi connectivity index (χ1) is 9.79. The molecule has 2 amide bonds. The average Bonchev–Trinajstić information content (AvgIpc) is 2.84. The van der Waals surface area contributed by atoms with Crippen molar-refractivity contribution in [2.24, 2.45) is 13.0 Å². The van der Waals surface area contributed by atoms with Gasteiger partial charge in [0.25, 0.3) is 0 Å². The van der Waals surface area contributed by atoms with E-state index in [1.54, 1.807) is 29.7 Å². The van der Waals surface area contributed by atoms with E-state index in [1.807, 2.05) is 20.8 Å². The van der Waals surface area contributed by atoms with Crippen molar-refractivity contribution in [2.75, 3.05) is 0 Å². The number of nitrogens with one attached hydrogen (secondary N) is 1. The molecule has 0 bridgehead atoms. The largest absolute Gasteiger partial charge is 0.342 e. The highest BCUT2D eigenvalue weighted by atomic mass is 16.2. The molecule has 2 rings (SSSR count). The number of aryl methyl sites for hydroxylation is 1. The van der Waals surface area contributed by atoms with Crippen LogP contribution in [0.15, 0.2) is 6.20 Å². The van der Waals surface area contributed by atoms with E-state index in [4.69, 9.17) is 0 Å². The number of rotatable bonds is 4. The number of hydrogen-bond donors (Lipinski definition) is 1. The van der Waals surface area contributed by atoms with Crippen LogP contribution < -0.4 is 5.32 Å². The van der Waals surface area contributed by atoms with Gasteiger partial charge >= 0.3 is 0 Å². The number of amides is 2. The van der Waals surface area contributed by atoms with Crippen molar-refractivity contribution < 1.29 is 9.59 Å². The van der Waals surface area contributed by atoms with E-state index in [2.05, 4.69) is 15.6 Å². The molecular weight excluding hydrogens is 270 g/mol. The lowest BCUT2D eigenvalue weighted by Crippen LogP contribution is -2.69. The third-order valence-electron chi connectivity index (χ3n) is 4.23. The first-order valence-corrected chi connectivity index (χ1v) is 7.27. The molecule has 1 aliphatic heterocycles. The van der Waals surface area contributed by atoms with Crippen molar-refractivity contribution in [3.05, 3.63) is 11.9 Å². The Bertz CT molecular complexity index is 553. The van der Waals surface area contributed by atoms with Gasteiger partial charge in [-0.3, -0.25) is 14.3 Å². The SMILES string of the molecule is CCC1(C)C(=O)NC(C(C)C)C(=O)N1Cc1cn(C)nn1. The second-order valence-corrected chi connectivity index (χ2v) is 6.13. The standard InChI is InChI=1S/C14H23N5O2/c1-6-14(4)13(21)15-11(9(2)3)12(20)19(14)8-10-7-18(5)17-16-10/h7,9,11H,6,8H2,1-5H3,(H,15,21). The van der Waals surface area contributed by atoms with Gasteiger partial charge in [-0.2, -0.15) is 0 Å². The van der Waals surface area contributed by atoms with E-state index in [-0.39, 0.29) is 17.7 Å². The molecule has 21 heavy (non-hydrogen) atoms. The number of carbonyl (C=O) groups is 2. The maximum absolute atomic E-state index is 12.8. The van der Waals surface area contributed by atoms with Gasteiger partial charge in [-0.05, 0) is 19.3 Å². The van der Waals surface area contributed by atoms with Gasteiger partial charge in [0.05, 0.1) is 6.54 Å². The first-order valence-electron chi connectivity index (χ1n) is 7.27. The molecule has 2 atom stereocenters. The molecule has 7 nitrogen and oxygen atoms in total. The summed E-state index contributed by atoms with van der Waals surface area (Å²) in [4.78, 5) is 26.9. The Hall–Kier alpha value is -1.92. The zero-order valence-corrected chi connectivity index (χ0v) is 13.3. The van der Waals surface area contributed by atoms with Gasteiger partial charge in [0, 0.05) is 13.2 Å². The van der Waals surface area contributed by atoms with E-state index in [0.717, 1.165) is 0 Å². The van der Waals surface area contributed by atoms with Crippen molar-refractivity contribution in [1.29, 1.82) is 0 Å². The minimum absolute atomic E-state index is 0.0483. The Kier molecular flexibility index (Phi) is 4.02. The molecule has 0 spiro atoms. The van der Waals surface area contributed by atoms with E-state index in [1.165, 1.54) is 0 Å². The second kappa shape index (κ2) is 5.46. The highest BCUT2D eigenvalue weighted by Gasteiger charge is 2.49. The Labute approximate surface area is 124 Å². The third kappa shape index (κ3) is 2.64. The van der Waals surface area contributed by atoms with E-state index in [0.29, 0.717) is 18.7 Å². The molecule has 7 heteroatoms. The summed E-state index contributed by atoms with van der Waals surface area (Å²) in [5, 5.41) is 10.8. The van der Waals surface area contributed by atoms with Crippen molar-refractivity contribution in [3.63, 3.8) is 0 Å². The summed E-state index contributed by atoms with van der Waals surface area (Å²) in [5.74, 6) is -0.112. The molecule has 2 heterocycles. The van der Waals surface area contributed by atoms with Crippen LogP contribution in [0.25, 0.3) is 0 Å². The third-order valence-corrected chi connectivity index (χ3v) is 4.23. The van der Waals surface area contributed by atoms with E-state index >= 15 is 0 Å². The summed E-state index contributed by atoms with van der Waals surface area (Å²) in [7, 11) is 1.77. The van der Waals surface area contributed by atoms with Crippen LogP contribution in [0.3, 0.4) is 0 Å². The minimum atomic E-state index is -0.847. The molecule has 0 aromatic carbocycles. The zero-order valence-electron chi connectivity index (χ0n) is 13.3. The van der Waals surface area contributed by atoms with Gasteiger partial charge in [0.1, 0.15) is 17.3 Å². The van der Waals surface area contributed by atoms with Crippen molar-refractivity contribution in [3.8, 4) is 0 Å². The number of nitrogens with zero attached hydrogens (tertiary/aromatic N) is 4. The fourth-order valence-electron chi connectivity index (χ4n) is 2.58. The summed E-state index contributed by atoms with van der Waals surface area (Å²) < 4.78 is 1.59. The summed E-state index contributed by atoms with van der Waals surface area (Å²) in [6.45, 7) is 7.86. The minimum Gasteiger partial charge on any atom is -0.342 e. The monoisotopic (exact) mass is 293 g/mol. The lowest BCUT2D eigenvalue weighted by Gasteiger charge is -2.46. The highest BCUT2D eigenvalue weighted by molar-refractivity contribution is 5.99. The van der Waals surface area contributed by atoms with Crippen molar-refractivity contribution in [2.45, 2.75) is 52.2 Å². The van der Waals surface area contributed by atoms with Crippen LogP contribution >= 0.6 is 0 Å². The Morgan fingerprint density at radius 3 is 2.57 bits per heavy atom. The zero-order chi connectivity index (χ0) is 15.8. The molecule has 0 saturated carbocycles. The topological polar surface area (TPSA) is 80.1 Å². The number of carbonyl (C=O) groups excluding carboxylic acids is 2. The summed E-state index contributed by atoms with van der Waals surface area (Å²) >= 11 is 0. The van der Waals surface area contributed by atoms with Crippen LogP contribution in [0.5, 0.6) is 0 Å². The number of piperazine rings is 1. The molecule has 1 aromatic heterocycles. The van der Waals surface area contributed by atoms with Crippen molar-refractivity contribution in [1.82, 2.24) is 25.2 Å². The molecule has 2 unspecified atom stereocenters. The smallest absolute Gasteiger partial charge is 0.246 e. The van der Waals surface area contributed by atoms with Gasteiger partial charge in [0.2, 0.25) is 11.8 Å². The molecule has 1 N–H and O–H groups in total. The Morgan fingerprint density at radius 1 is 1.43 bits per heavy atom. The lowest BCUT2D eigenvalue weighted by molar-refractivity contribution is -0.159. The fraction of sp³-hybridized carbons (Fsp3) is 0.714. The Balaban J connectivity index is 2.34. The summed E-state index contributed by atoms with van der Waals surface area (Å²) in [6.07, 6.45) is 2.32. The molecule has 0 radical (unpaired) electrons. The maximum Gasteiger partial charge on any atom is 0.246 e. The average molecular weight is 293 g/mol. The van der Waals surface area contributed by atoms with Gasteiger partial charge < -0.3 is 10.2 Å². The molecule has 1 saturated heterocycles. The number of aromatic nitrogens is 3. The predicted octanol–water partition coefficient (Wildman–Crippen LogP) is 0.467. The van der Waals surface area contributed by atoms with E-state index < -0.39 is 11.6 Å².